The van der Waals surface area contributed by atoms with Gasteiger partial charge in [0, 0.05) is 11.9 Å². The number of rotatable bonds is 6. The van der Waals surface area contributed by atoms with Crippen molar-refractivity contribution in [1.29, 1.82) is 0 Å². The molecule has 16 heavy (non-hydrogen) atoms. The first kappa shape index (κ1) is 13.8. The Morgan fingerprint density at radius 3 is 3.00 bits per heavy atom. The molecular weight excluding hydrogens is 226 g/mol. The SMILES string of the molecule is CNC1(C(=O)OC)CCC(SCCCO)C1. The van der Waals surface area contributed by atoms with E-state index in [1.807, 2.05) is 18.8 Å². The molecule has 2 unspecified atom stereocenters. The Bertz CT molecular complexity index is 237. The maximum atomic E-state index is 11.7. The van der Waals surface area contributed by atoms with Crippen LogP contribution in [0.3, 0.4) is 0 Å². The van der Waals surface area contributed by atoms with Gasteiger partial charge in [-0.15, -0.1) is 0 Å². The van der Waals surface area contributed by atoms with Crippen LogP contribution in [0.4, 0.5) is 0 Å². The second-order valence-corrected chi connectivity index (χ2v) is 5.54. The summed E-state index contributed by atoms with van der Waals surface area (Å²) >= 11 is 1.85. The summed E-state index contributed by atoms with van der Waals surface area (Å²) in [6.45, 7) is 0.244. The molecular formula is C11H21NO3S. The van der Waals surface area contributed by atoms with Crippen LogP contribution in [0, 0.1) is 0 Å². The van der Waals surface area contributed by atoms with Crippen LogP contribution in [0.2, 0.25) is 0 Å². The fraction of sp³-hybridized carbons (Fsp3) is 0.909. The molecule has 0 aromatic rings. The monoisotopic (exact) mass is 247 g/mol. The number of aliphatic hydroxyl groups excluding tert-OH is 1. The maximum absolute atomic E-state index is 11.7. The Kier molecular flexibility index (Phi) is 5.58. The van der Waals surface area contributed by atoms with Crippen molar-refractivity contribution in [1.82, 2.24) is 5.32 Å². The Morgan fingerprint density at radius 1 is 1.69 bits per heavy atom. The van der Waals surface area contributed by atoms with Gasteiger partial charge >= 0.3 is 5.97 Å². The lowest BCUT2D eigenvalue weighted by atomic mass is 9.98. The average molecular weight is 247 g/mol. The smallest absolute Gasteiger partial charge is 0.326 e. The van der Waals surface area contributed by atoms with E-state index in [1.54, 1.807) is 0 Å². The van der Waals surface area contributed by atoms with Crippen LogP contribution in [0.15, 0.2) is 0 Å². The van der Waals surface area contributed by atoms with Crippen molar-refractivity contribution >= 4 is 17.7 Å². The molecule has 0 bridgehead atoms. The van der Waals surface area contributed by atoms with Crippen molar-refractivity contribution in [3.8, 4) is 0 Å². The first-order valence-corrected chi connectivity index (χ1v) is 6.73. The number of aliphatic hydroxyl groups is 1. The summed E-state index contributed by atoms with van der Waals surface area (Å²) in [6.07, 6.45) is 3.53. The third-order valence-corrected chi connectivity index (χ3v) is 4.58. The largest absolute Gasteiger partial charge is 0.468 e. The van der Waals surface area contributed by atoms with E-state index in [2.05, 4.69) is 5.32 Å². The summed E-state index contributed by atoms with van der Waals surface area (Å²) in [5, 5.41) is 12.3. The zero-order valence-electron chi connectivity index (χ0n) is 9.99. The molecule has 2 N–H and O–H groups in total. The molecule has 0 radical (unpaired) electrons. The molecule has 1 aliphatic carbocycles. The number of thioether (sulfide) groups is 1. The summed E-state index contributed by atoms with van der Waals surface area (Å²) in [4.78, 5) is 11.7. The average Bonchev–Trinajstić information content (AvgIpc) is 2.73. The lowest BCUT2D eigenvalue weighted by molar-refractivity contribution is -0.148. The molecule has 94 valence electrons. The lowest BCUT2D eigenvalue weighted by Crippen LogP contribution is -2.49. The molecule has 1 rings (SSSR count). The van der Waals surface area contributed by atoms with Crippen molar-refractivity contribution in [3.05, 3.63) is 0 Å². The van der Waals surface area contributed by atoms with Crippen LogP contribution in [0.25, 0.3) is 0 Å². The molecule has 0 spiro atoms. The molecule has 2 atom stereocenters. The predicted octanol–water partition coefficient (Wildman–Crippen LogP) is 0.786. The van der Waals surface area contributed by atoms with Crippen LogP contribution >= 0.6 is 11.8 Å². The van der Waals surface area contributed by atoms with Gasteiger partial charge in [0.05, 0.1) is 7.11 Å². The standard InChI is InChI=1S/C11H21NO3S/c1-12-11(10(14)15-2)5-4-9(8-11)16-7-3-6-13/h9,12-13H,3-8H2,1-2H3. The van der Waals surface area contributed by atoms with E-state index in [4.69, 9.17) is 9.84 Å². The zero-order valence-corrected chi connectivity index (χ0v) is 10.8. The highest BCUT2D eigenvalue weighted by Gasteiger charge is 2.45. The minimum Gasteiger partial charge on any atom is -0.468 e. The Labute approximate surface area is 101 Å². The molecule has 0 amide bonds. The third-order valence-electron chi connectivity index (χ3n) is 3.18. The number of esters is 1. The molecule has 1 aliphatic rings. The Balaban J connectivity index is 2.44. The van der Waals surface area contributed by atoms with Gasteiger partial charge in [-0.2, -0.15) is 11.8 Å². The van der Waals surface area contributed by atoms with Gasteiger partial charge in [-0.1, -0.05) is 0 Å². The number of ether oxygens (including phenoxy) is 1. The second-order valence-electron chi connectivity index (χ2n) is 4.14. The molecule has 0 aliphatic heterocycles. The predicted molar refractivity (Wildman–Crippen MR) is 65.6 cm³/mol. The van der Waals surface area contributed by atoms with Crippen molar-refractivity contribution in [2.45, 2.75) is 36.5 Å². The quantitative estimate of drug-likeness (QED) is 0.537. The summed E-state index contributed by atoms with van der Waals surface area (Å²) in [7, 11) is 3.26. The third kappa shape index (κ3) is 3.12. The first-order chi connectivity index (χ1) is 7.68. The number of hydrogen-bond donors (Lipinski definition) is 2. The second kappa shape index (κ2) is 6.47. The molecule has 0 heterocycles. The number of hydrogen-bond acceptors (Lipinski definition) is 5. The fourth-order valence-corrected chi connectivity index (χ4v) is 3.48. The van der Waals surface area contributed by atoms with Crippen molar-refractivity contribution < 1.29 is 14.6 Å². The number of methoxy groups -OCH3 is 1. The first-order valence-electron chi connectivity index (χ1n) is 5.68. The van der Waals surface area contributed by atoms with Crippen molar-refractivity contribution in [2.75, 3.05) is 26.5 Å². The summed E-state index contributed by atoms with van der Waals surface area (Å²) < 4.78 is 4.85. The molecule has 0 aromatic carbocycles. The van der Waals surface area contributed by atoms with Crippen LogP contribution in [-0.2, 0) is 9.53 Å². The van der Waals surface area contributed by atoms with Crippen molar-refractivity contribution in [2.24, 2.45) is 0 Å². The highest BCUT2D eigenvalue weighted by atomic mass is 32.2. The van der Waals surface area contributed by atoms with Crippen LogP contribution in [0.5, 0.6) is 0 Å². The van der Waals surface area contributed by atoms with Gasteiger partial charge in [-0.05, 0) is 38.5 Å². The molecule has 1 saturated carbocycles. The Hall–Kier alpha value is -0.260. The molecule has 5 heteroatoms. The summed E-state index contributed by atoms with van der Waals surface area (Å²) in [5.41, 5.74) is -0.481. The van der Waals surface area contributed by atoms with Gasteiger partial charge in [0.25, 0.3) is 0 Å². The number of likely N-dealkylation sites (N-methyl/N-ethyl adjacent to an activating group) is 1. The molecule has 0 aromatic heterocycles. The highest BCUT2D eigenvalue weighted by Crippen LogP contribution is 2.37. The number of carbonyl (C=O) groups excluding carboxylic acids is 1. The lowest BCUT2D eigenvalue weighted by Gasteiger charge is -2.25. The van der Waals surface area contributed by atoms with Gasteiger partial charge in [0.15, 0.2) is 0 Å². The van der Waals surface area contributed by atoms with Crippen LogP contribution < -0.4 is 5.32 Å². The van der Waals surface area contributed by atoms with Crippen LogP contribution in [-0.4, -0.2) is 48.4 Å². The van der Waals surface area contributed by atoms with Gasteiger partial charge in [-0.25, -0.2) is 0 Å². The topological polar surface area (TPSA) is 58.6 Å². The fourth-order valence-electron chi connectivity index (χ4n) is 2.17. The minimum atomic E-state index is -0.481. The van der Waals surface area contributed by atoms with E-state index in [1.165, 1.54) is 7.11 Å². The Morgan fingerprint density at radius 2 is 2.44 bits per heavy atom. The van der Waals surface area contributed by atoms with Crippen molar-refractivity contribution in [3.63, 3.8) is 0 Å². The highest BCUT2D eigenvalue weighted by molar-refractivity contribution is 7.99. The van der Waals surface area contributed by atoms with E-state index in [0.29, 0.717) is 5.25 Å². The number of nitrogens with one attached hydrogen (secondary N) is 1. The van der Waals surface area contributed by atoms with Gasteiger partial charge in [0.2, 0.25) is 0 Å². The van der Waals surface area contributed by atoms with E-state index < -0.39 is 5.54 Å². The minimum absolute atomic E-state index is 0.153. The van der Waals surface area contributed by atoms with E-state index in [-0.39, 0.29) is 12.6 Å². The van der Waals surface area contributed by atoms with Gasteiger partial charge in [-0.3, -0.25) is 4.79 Å². The maximum Gasteiger partial charge on any atom is 0.326 e. The number of carbonyl (C=O) groups is 1. The summed E-state index contributed by atoms with van der Waals surface area (Å²) in [5.74, 6) is 0.808. The molecule has 0 saturated heterocycles. The zero-order chi connectivity index (χ0) is 12.0. The normalized spacial score (nSPS) is 29.3. The van der Waals surface area contributed by atoms with Gasteiger partial charge < -0.3 is 15.2 Å². The molecule has 1 fully saturated rings. The summed E-state index contributed by atoms with van der Waals surface area (Å²) in [6, 6.07) is 0. The van der Waals surface area contributed by atoms with E-state index in [9.17, 15) is 4.79 Å². The van der Waals surface area contributed by atoms with E-state index in [0.717, 1.165) is 31.4 Å². The van der Waals surface area contributed by atoms with Gasteiger partial charge in [0.1, 0.15) is 5.54 Å². The van der Waals surface area contributed by atoms with Crippen LogP contribution in [0.1, 0.15) is 25.7 Å². The molecule has 4 nitrogen and oxygen atoms in total. The van der Waals surface area contributed by atoms with E-state index >= 15 is 0 Å².